The highest BCUT2D eigenvalue weighted by molar-refractivity contribution is 14.0. The van der Waals surface area contributed by atoms with Crippen LogP contribution in [0, 0.1) is 0 Å². The first-order chi connectivity index (χ1) is 9.65. The molecular weight excluding hydrogens is 417 g/mol. The molecule has 1 heterocycles. The van der Waals surface area contributed by atoms with Gasteiger partial charge in [0.25, 0.3) is 0 Å². The molecule has 0 aromatic rings. The summed E-state index contributed by atoms with van der Waals surface area (Å²) in [6, 6.07) is 0.526. The Morgan fingerprint density at radius 2 is 2.29 bits per heavy atom. The van der Waals surface area contributed by atoms with Crippen LogP contribution in [0.15, 0.2) is 4.99 Å². The van der Waals surface area contributed by atoms with E-state index in [4.69, 9.17) is 0 Å². The molecule has 3 atom stereocenters. The molecule has 0 aromatic carbocycles. The third kappa shape index (κ3) is 6.35. The van der Waals surface area contributed by atoms with E-state index in [1.807, 2.05) is 23.5 Å². The number of rotatable bonds is 5. The molecule has 7 heteroatoms. The van der Waals surface area contributed by atoms with Crippen LogP contribution in [-0.4, -0.2) is 58.8 Å². The first-order valence-corrected chi connectivity index (χ1v) is 9.97. The highest BCUT2D eigenvalue weighted by Gasteiger charge is 2.31. The number of halogens is 1. The van der Waals surface area contributed by atoms with Crippen molar-refractivity contribution in [2.75, 3.05) is 30.9 Å². The van der Waals surface area contributed by atoms with Crippen molar-refractivity contribution >= 4 is 53.5 Å². The summed E-state index contributed by atoms with van der Waals surface area (Å²) in [5.74, 6) is 2.73. The molecule has 0 amide bonds. The maximum atomic E-state index is 10.4. The van der Waals surface area contributed by atoms with Crippen molar-refractivity contribution in [3.8, 4) is 0 Å². The quantitative estimate of drug-likeness (QED) is 0.345. The van der Waals surface area contributed by atoms with Crippen molar-refractivity contribution in [3.63, 3.8) is 0 Å². The number of nitrogens with zero attached hydrogens (tertiary/aromatic N) is 1. The van der Waals surface area contributed by atoms with Gasteiger partial charge in [-0.2, -0.15) is 23.5 Å². The molecule has 1 aliphatic carbocycles. The Bertz CT molecular complexity index is 338. The molecule has 3 N–H and O–H groups in total. The van der Waals surface area contributed by atoms with E-state index >= 15 is 0 Å². The molecular formula is C14H28IN3OS2. The van der Waals surface area contributed by atoms with Gasteiger partial charge in [0.05, 0.1) is 12.1 Å². The summed E-state index contributed by atoms with van der Waals surface area (Å²) < 4.78 is 0. The molecule has 2 fully saturated rings. The summed E-state index contributed by atoms with van der Waals surface area (Å²) in [4.78, 5) is 4.61. The lowest BCUT2D eigenvalue weighted by Crippen LogP contribution is -2.44. The van der Waals surface area contributed by atoms with Gasteiger partial charge in [-0.15, -0.1) is 24.0 Å². The number of hydrogen-bond acceptors (Lipinski definition) is 4. The van der Waals surface area contributed by atoms with E-state index in [0.717, 1.165) is 35.7 Å². The van der Waals surface area contributed by atoms with Crippen LogP contribution in [0.5, 0.6) is 0 Å². The number of nitrogens with one attached hydrogen (secondary N) is 2. The Hall–Kier alpha value is 0.660. The predicted molar refractivity (Wildman–Crippen MR) is 106 cm³/mol. The van der Waals surface area contributed by atoms with Gasteiger partial charge >= 0.3 is 0 Å². The lowest BCUT2D eigenvalue weighted by Gasteiger charge is -2.21. The van der Waals surface area contributed by atoms with Gasteiger partial charge in [-0.25, -0.2) is 0 Å². The summed E-state index contributed by atoms with van der Waals surface area (Å²) in [6.45, 7) is 3.45. The zero-order chi connectivity index (χ0) is 14.4. The maximum absolute atomic E-state index is 10.4. The van der Waals surface area contributed by atoms with Crippen molar-refractivity contribution in [3.05, 3.63) is 0 Å². The van der Waals surface area contributed by atoms with Gasteiger partial charge in [0.1, 0.15) is 0 Å². The zero-order valence-corrected chi connectivity index (χ0v) is 16.9. The minimum Gasteiger partial charge on any atom is -0.387 e. The third-order valence-electron chi connectivity index (χ3n) is 4.02. The zero-order valence-electron chi connectivity index (χ0n) is 12.9. The molecule has 4 nitrogen and oxygen atoms in total. The van der Waals surface area contributed by atoms with Gasteiger partial charge in [-0.1, -0.05) is 0 Å². The van der Waals surface area contributed by atoms with Crippen LogP contribution in [-0.2, 0) is 0 Å². The SMILES string of the molecule is CCNC(=NCC1(O)CCSC1)NC1CCC(SC)C1.I. The van der Waals surface area contributed by atoms with Crippen LogP contribution in [0.25, 0.3) is 0 Å². The van der Waals surface area contributed by atoms with Crippen molar-refractivity contribution in [2.45, 2.75) is 49.5 Å². The molecule has 3 unspecified atom stereocenters. The first-order valence-electron chi connectivity index (χ1n) is 7.53. The molecule has 0 aromatic heterocycles. The van der Waals surface area contributed by atoms with Crippen molar-refractivity contribution in [1.82, 2.24) is 10.6 Å². The molecule has 2 aliphatic rings. The molecule has 1 saturated carbocycles. The van der Waals surface area contributed by atoms with E-state index in [9.17, 15) is 5.11 Å². The fourth-order valence-corrected chi connectivity index (χ4v) is 4.83. The molecule has 21 heavy (non-hydrogen) atoms. The third-order valence-corrected chi connectivity index (χ3v) is 6.35. The van der Waals surface area contributed by atoms with Crippen LogP contribution in [0.2, 0.25) is 0 Å². The highest BCUT2D eigenvalue weighted by Crippen LogP contribution is 2.29. The van der Waals surface area contributed by atoms with Crippen molar-refractivity contribution in [2.24, 2.45) is 4.99 Å². The molecule has 0 radical (unpaired) electrons. The normalized spacial score (nSPS) is 32.8. The molecule has 0 spiro atoms. The average molecular weight is 445 g/mol. The lowest BCUT2D eigenvalue weighted by molar-refractivity contribution is 0.0778. The van der Waals surface area contributed by atoms with E-state index in [-0.39, 0.29) is 24.0 Å². The Kier molecular flexibility index (Phi) is 9.12. The van der Waals surface area contributed by atoms with Crippen LogP contribution in [0.3, 0.4) is 0 Å². The van der Waals surface area contributed by atoms with Gasteiger partial charge in [0.15, 0.2) is 5.96 Å². The second-order valence-electron chi connectivity index (χ2n) is 5.73. The molecule has 1 saturated heterocycles. The molecule has 2 rings (SSSR count). The van der Waals surface area contributed by atoms with Gasteiger partial charge in [0.2, 0.25) is 0 Å². The minimum absolute atomic E-state index is 0. The van der Waals surface area contributed by atoms with E-state index in [1.54, 1.807) is 0 Å². The highest BCUT2D eigenvalue weighted by atomic mass is 127. The van der Waals surface area contributed by atoms with Gasteiger partial charge in [0, 0.05) is 23.6 Å². The largest absolute Gasteiger partial charge is 0.387 e. The number of thioether (sulfide) groups is 2. The molecule has 124 valence electrons. The number of guanidine groups is 1. The fourth-order valence-electron chi connectivity index (χ4n) is 2.75. The van der Waals surface area contributed by atoms with Crippen LogP contribution >= 0.6 is 47.5 Å². The first kappa shape index (κ1) is 19.7. The summed E-state index contributed by atoms with van der Waals surface area (Å²) >= 11 is 3.79. The van der Waals surface area contributed by atoms with Gasteiger partial charge < -0.3 is 15.7 Å². The van der Waals surface area contributed by atoms with Gasteiger partial charge in [-0.3, -0.25) is 4.99 Å². The van der Waals surface area contributed by atoms with Crippen molar-refractivity contribution < 1.29 is 5.11 Å². The minimum atomic E-state index is -0.593. The summed E-state index contributed by atoms with van der Waals surface area (Å²) in [7, 11) is 0. The summed E-state index contributed by atoms with van der Waals surface area (Å²) in [5, 5.41) is 18.0. The Balaban J connectivity index is 0.00000220. The van der Waals surface area contributed by atoms with Crippen LogP contribution in [0.4, 0.5) is 0 Å². The van der Waals surface area contributed by atoms with E-state index in [2.05, 4.69) is 28.8 Å². The summed E-state index contributed by atoms with van der Waals surface area (Å²) in [5.41, 5.74) is -0.593. The maximum Gasteiger partial charge on any atom is 0.191 e. The average Bonchev–Trinajstić information content (AvgIpc) is 3.06. The summed E-state index contributed by atoms with van der Waals surface area (Å²) in [6.07, 6.45) is 6.78. The van der Waals surface area contributed by atoms with E-state index < -0.39 is 5.60 Å². The topological polar surface area (TPSA) is 56.7 Å². The second-order valence-corrected chi connectivity index (χ2v) is 7.98. The van der Waals surface area contributed by atoms with E-state index in [0.29, 0.717) is 12.6 Å². The van der Waals surface area contributed by atoms with Gasteiger partial charge in [-0.05, 0) is 44.6 Å². The smallest absolute Gasteiger partial charge is 0.191 e. The Morgan fingerprint density at radius 3 is 2.86 bits per heavy atom. The predicted octanol–water partition coefficient (Wildman–Crippen LogP) is 2.31. The van der Waals surface area contributed by atoms with E-state index in [1.165, 1.54) is 19.3 Å². The number of hydrogen-bond donors (Lipinski definition) is 3. The molecule has 0 bridgehead atoms. The molecule has 1 aliphatic heterocycles. The lowest BCUT2D eigenvalue weighted by atomic mass is 10.1. The number of aliphatic hydroxyl groups is 1. The Labute approximate surface area is 154 Å². The second kappa shape index (κ2) is 9.72. The van der Waals surface area contributed by atoms with Crippen molar-refractivity contribution in [1.29, 1.82) is 0 Å². The van der Waals surface area contributed by atoms with Crippen LogP contribution in [0.1, 0.15) is 32.6 Å². The monoisotopic (exact) mass is 445 g/mol. The number of aliphatic imine (C=N–C) groups is 1. The Morgan fingerprint density at radius 1 is 1.48 bits per heavy atom. The fraction of sp³-hybridized carbons (Fsp3) is 0.929. The van der Waals surface area contributed by atoms with Crippen LogP contribution < -0.4 is 10.6 Å². The standard InChI is InChI=1S/C14H27N3OS2.HI/c1-3-15-13(16-9-14(18)6-7-20-10-14)17-11-4-5-12(8-11)19-2;/h11-12,18H,3-10H2,1-2H3,(H2,15,16,17);1H.